The van der Waals surface area contributed by atoms with Gasteiger partial charge in [0.25, 0.3) is 0 Å². The monoisotopic (exact) mass is 560 g/mol. The summed E-state index contributed by atoms with van der Waals surface area (Å²) >= 11 is 0. The first kappa shape index (κ1) is 28.4. The predicted molar refractivity (Wildman–Crippen MR) is 143 cm³/mol. The van der Waals surface area contributed by atoms with Gasteiger partial charge in [-0.15, -0.1) is 24.0 Å². The smallest absolute Gasteiger partial charge is 0.224 e. The quantitative estimate of drug-likeness (QED) is 0.176. The maximum atomic E-state index is 12.6. The van der Waals surface area contributed by atoms with Gasteiger partial charge in [-0.1, -0.05) is 18.2 Å². The molecule has 32 heavy (non-hydrogen) atoms. The summed E-state index contributed by atoms with van der Waals surface area (Å²) in [5, 5.41) is 6.55. The van der Waals surface area contributed by atoms with Gasteiger partial charge in [-0.05, 0) is 32.5 Å². The van der Waals surface area contributed by atoms with Crippen LogP contribution < -0.4 is 15.5 Å². The molecule has 1 heterocycles. The van der Waals surface area contributed by atoms with Gasteiger partial charge in [0.1, 0.15) is 0 Å². The van der Waals surface area contributed by atoms with Crippen molar-refractivity contribution in [2.24, 2.45) is 4.99 Å². The molecule has 0 atom stereocenters. The fourth-order valence-electron chi connectivity index (χ4n) is 3.56. The maximum Gasteiger partial charge on any atom is 0.224 e. The maximum absolute atomic E-state index is 12.6. The van der Waals surface area contributed by atoms with Crippen LogP contribution in [0.1, 0.15) is 19.8 Å². The lowest BCUT2D eigenvalue weighted by molar-refractivity contribution is -0.131. The van der Waals surface area contributed by atoms with Crippen molar-refractivity contribution >= 4 is 41.5 Å². The van der Waals surface area contributed by atoms with Crippen LogP contribution in [0.4, 0.5) is 5.69 Å². The van der Waals surface area contributed by atoms with Crippen molar-refractivity contribution in [3.63, 3.8) is 0 Å². The number of para-hydroxylation sites is 1. The Labute approximate surface area is 210 Å². The van der Waals surface area contributed by atoms with Crippen LogP contribution in [-0.2, 0) is 9.53 Å². The van der Waals surface area contributed by atoms with Crippen LogP contribution in [0.15, 0.2) is 35.3 Å². The molecular weight excluding hydrogens is 519 g/mol. The molecule has 182 valence electrons. The highest BCUT2D eigenvalue weighted by Gasteiger charge is 2.20. The average Bonchev–Trinajstić information content (AvgIpc) is 2.80. The number of piperazine rings is 1. The number of likely N-dealkylation sites (N-methyl/N-ethyl adjacent to an activating group) is 1. The molecule has 0 saturated carbocycles. The Morgan fingerprint density at radius 3 is 2.50 bits per heavy atom. The summed E-state index contributed by atoms with van der Waals surface area (Å²) in [6, 6.07) is 10.4. The highest BCUT2D eigenvalue weighted by atomic mass is 127. The van der Waals surface area contributed by atoms with Crippen LogP contribution in [0, 0.1) is 0 Å². The van der Waals surface area contributed by atoms with E-state index in [1.54, 1.807) is 7.11 Å². The van der Waals surface area contributed by atoms with Crippen molar-refractivity contribution < 1.29 is 9.53 Å². The van der Waals surface area contributed by atoms with E-state index in [2.05, 4.69) is 56.7 Å². The number of hydrogen-bond acceptors (Lipinski definition) is 5. The lowest BCUT2D eigenvalue weighted by Crippen LogP contribution is -2.49. The Hall–Kier alpha value is -1.59. The number of methoxy groups -OCH3 is 1. The van der Waals surface area contributed by atoms with Gasteiger partial charge in [-0.25, -0.2) is 0 Å². The van der Waals surface area contributed by atoms with Crippen molar-refractivity contribution in [1.82, 2.24) is 20.4 Å². The summed E-state index contributed by atoms with van der Waals surface area (Å²) in [6.07, 6.45) is 1.50. The first-order valence-electron chi connectivity index (χ1n) is 11.4. The van der Waals surface area contributed by atoms with Crippen LogP contribution in [0.3, 0.4) is 0 Å². The minimum Gasteiger partial charge on any atom is -0.385 e. The number of hydrogen-bond donors (Lipinski definition) is 2. The molecule has 0 spiro atoms. The normalized spacial score (nSPS) is 14.3. The number of guanidine groups is 1. The zero-order chi connectivity index (χ0) is 22.3. The predicted octanol–water partition coefficient (Wildman–Crippen LogP) is 1.87. The number of rotatable bonds is 12. The molecule has 2 rings (SSSR count). The second kappa shape index (κ2) is 17.0. The molecule has 1 saturated heterocycles. The van der Waals surface area contributed by atoms with Crippen LogP contribution in [0.2, 0.25) is 0 Å². The topological polar surface area (TPSA) is 72.4 Å². The van der Waals surface area contributed by atoms with Gasteiger partial charge in [0, 0.05) is 78.2 Å². The summed E-state index contributed by atoms with van der Waals surface area (Å²) in [6.45, 7) is 10.1. The summed E-state index contributed by atoms with van der Waals surface area (Å²) in [5.41, 5.74) is 1.23. The number of amides is 1. The first-order valence-corrected chi connectivity index (χ1v) is 11.4. The van der Waals surface area contributed by atoms with Gasteiger partial charge in [0.05, 0.1) is 6.54 Å². The molecule has 2 N–H and O–H groups in total. The molecule has 0 aliphatic carbocycles. The number of halogens is 1. The van der Waals surface area contributed by atoms with E-state index in [-0.39, 0.29) is 29.9 Å². The zero-order valence-electron chi connectivity index (χ0n) is 19.9. The molecule has 1 fully saturated rings. The SMILES string of the molecule is CCNC(=NCCN(C)CCCOC)NCCC(=O)N1CCN(c2ccccc2)CC1.I. The Bertz CT molecular complexity index is 653. The number of aliphatic imine (C=N–C) groups is 1. The molecule has 8 nitrogen and oxygen atoms in total. The Balaban J connectivity index is 0.00000512. The van der Waals surface area contributed by atoms with E-state index >= 15 is 0 Å². The zero-order valence-corrected chi connectivity index (χ0v) is 22.2. The Kier molecular flexibility index (Phi) is 15.1. The number of ether oxygens (including phenoxy) is 1. The fraction of sp³-hybridized carbons (Fsp3) is 0.652. The van der Waals surface area contributed by atoms with Gasteiger partial charge >= 0.3 is 0 Å². The molecule has 0 unspecified atom stereocenters. The molecule has 0 aromatic heterocycles. The molecule has 0 radical (unpaired) electrons. The molecule has 1 aromatic carbocycles. The average molecular weight is 561 g/mol. The number of carbonyl (C=O) groups excluding carboxylic acids is 1. The minimum atomic E-state index is 0. The van der Waals surface area contributed by atoms with Crippen molar-refractivity contribution in [3.8, 4) is 0 Å². The van der Waals surface area contributed by atoms with E-state index in [0.717, 1.165) is 64.8 Å². The number of carbonyl (C=O) groups is 1. The van der Waals surface area contributed by atoms with Gasteiger partial charge in [0.15, 0.2) is 5.96 Å². The Morgan fingerprint density at radius 2 is 1.84 bits per heavy atom. The summed E-state index contributed by atoms with van der Waals surface area (Å²) in [7, 11) is 3.83. The van der Waals surface area contributed by atoms with Crippen LogP contribution in [0.25, 0.3) is 0 Å². The largest absolute Gasteiger partial charge is 0.385 e. The van der Waals surface area contributed by atoms with E-state index in [9.17, 15) is 4.79 Å². The van der Waals surface area contributed by atoms with Gasteiger partial charge in [-0.3, -0.25) is 9.79 Å². The molecule has 1 aliphatic heterocycles. The van der Waals surface area contributed by atoms with Crippen molar-refractivity contribution in [1.29, 1.82) is 0 Å². The second-order valence-electron chi connectivity index (χ2n) is 7.79. The highest BCUT2D eigenvalue weighted by Crippen LogP contribution is 2.15. The molecule has 1 amide bonds. The fourth-order valence-corrected chi connectivity index (χ4v) is 3.56. The standard InChI is InChI=1S/C23H40N6O2.HI/c1-4-24-23(26-13-15-27(2)14-8-20-31-3)25-12-11-22(30)29-18-16-28(17-19-29)21-9-6-5-7-10-21;/h5-7,9-10H,4,8,11-20H2,1-3H3,(H2,24,25,26);1H. The van der Waals surface area contributed by atoms with E-state index in [4.69, 9.17) is 4.74 Å². The number of nitrogens with one attached hydrogen (secondary N) is 2. The van der Waals surface area contributed by atoms with Gasteiger partial charge in [0.2, 0.25) is 5.91 Å². The lowest BCUT2D eigenvalue weighted by Gasteiger charge is -2.36. The third-order valence-electron chi connectivity index (χ3n) is 5.37. The number of benzene rings is 1. The molecule has 1 aliphatic rings. The molecule has 0 bridgehead atoms. The van der Waals surface area contributed by atoms with E-state index in [1.807, 2.05) is 17.9 Å². The third kappa shape index (κ3) is 10.8. The van der Waals surface area contributed by atoms with Crippen molar-refractivity contribution in [3.05, 3.63) is 30.3 Å². The van der Waals surface area contributed by atoms with E-state index in [0.29, 0.717) is 19.5 Å². The summed E-state index contributed by atoms with van der Waals surface area (Å²) < 4.78 is 5.09. The molecular formula is C23H41IN6O2. The summed E-state index contributed by atoms with van der Waals surface area (Å²) in [4.78, 5) is 23.8. The van der Waals surface area contributed by atoms with Crippen molar-refractivity contribution in [2.45, 2.75) is 19.8 Å². The Morgan fingerprint density at radius 1 is 1.12 bits per heavy atom. The van der Waals surface area contributed by atoms with Gasteiger partial charge < -0.3 is 30.1 Å². The number of nitrogens with zero attached hydrogens (tertiary/aromatic N) is 4. The second-order valence-corrected chi connectivity index (χ2v) is 7.79. The van der Waals surface area contributed by atoms with Crippen LogP contribution in [-0.4, -0.2) is 101 Å². The highest BCUT2D eigenvalue weighted by molar-refractivity contribution is 14.0. The van der Waals surface area contributed by atoms with E-state index in [1.165, 1.54) is 5.69 Å². The third-order valence-corrected chi connectivity index (χ3v) is 5.37. The molecule has 9 heteroatoms. The lowest BCUT2D eigenvalue weighted by atomic mass is 10.2. The van der Waals surface area contributed by atoms with Crippen LogP contribution >= 0.6 is 24.0 Å². The number of anilines is 1. The molecule has 1 aromatic rings. The first-order chi connectivity index (χ1) is 15.1. The van der Waals surface area contributed by atoms with Gasteiger partial charge in [-0.2, -0.15) is 0 Å². The van der Waals surface area contributed by atoms with Crippen LogP contribution in [0.5, 0.6) is 0 Å². The summed E-state index contributed by atoms with van der Waals surface area (Å²) in [5.74, 6) is 0.975. The van der Waals surface area contributed by atoms with Crippen molar-refractivity contribution in [2.75, 3.05) is 84.6 Å². The van der Waals surface area contributed by atoms with E-state index < -0.39 is 0 Å². The minimum absolute atomic E-state index is 0.